The minimum atomic E-state index is 0.329. The summed E-state index contributed by atoms with van der Waals surface area (Å²) in [7, 11) is 0. The number of anilines is 1. The number of hydrogen-bond donors (Lipinski definition) is 2. The molecule has 0 spiro atoms. The molecule has 1 heterocycles. The van der Waals surface area contributed by atoms with Crippen LogP contribution < -0.4 is 10.2 Å². The SMILES string of the molecule is CC(C)CNCc1ccc(N2CCC(CO)CC2)c(Br)c1. The van der Waals surface area contributed by atoms with Gasteiger partial charge in [-0.05, 0) is 64.8 Å². The Labute approximate surface area is 136 Å². The summed E-state index contributed by atoms with van der Waals surface area (Å²) in [5, 5.41) is 12.7. The third-order valence-electron chi connectivity index (χ3n) is 4.11. The molecule has 0 bridgehead atoms. The largest absolute Gasteiger partial charge is 0.396 e. The number of nitrogens with zero attached hydrogens (tertiary/aromatic N) is 1. The van der Waals surface area contributed by atoms with E-state index in [4.69, 9.17) is 0 Å². The zero-order chi connectivity index (χ0) is 15.2. The molecule has 0 saturated carbocycles. The monoisotopic (exact) mass is 354 g/mol. The molecule has 1 aromatic carbocycles. The Hall–Kier alpha value is -0.580. The van der Waals surface area contributed by atoms with Crippen LogP contribution in [-0.4, -0.2) is 31.3 Å². The summed E-state index contributed by atoms with van der Waals surface area (Å²) in [5.41, 5.74) is 2.59. The van der Waals surface area contributed by atoms with E-state index in [1.165, 1.54) is 15.7 Å². The molecule has 0 aromatic heterocycles. The van der Waals surface area contributed by atoms with Crippen LogP contribution in [0.2, 0.25) is 0 Å². The van der Waals surface area contributed by atoms with Gasteiger partial charge in [0.2, 0.25) is 0 Å². The number of piperidine rings is 1. The molecule has 118 valence electrons. The first kappa shape index (κ1) is 16.8. The average Bonchev–Trinajstić information content (AvgIpc) is 2.47. The third-order valence-corrected chi connectivity index (χ3v) is 4.74. The van der Waals surface area contributed by atoms with E-state index in [-0.39, 0.29) is 0 Å². The number of aliphatic hydroxyl groups excluding tert-OH is 1. The van der Waals surface area contributed by atoms with Gasteiger partial charge in [-0.25, -0.2) is 0 Å². The maximum Gasteiger partial charge on any atom is 0.0510 e. The first-order valence-corrected chi connectivity index (χ1v) is 8.74. The van der Waals surface area contributed by atoms with Crippen molar-refractivity contribution in [3.05, 3.63) is 28.2 Å². The van der Waals surface area contributed by atoms with Gasteiger partial charge >= 0.3 is 0 Å². The maximum atomic E-state index is 9.23. The van der Waals surface area contributed by atoms with Gasteiger partial charge in [0.25, 0.3) is 0 Å². The van der Waals surface area contributed by atoms with Crippen molar-refractivity contribution in [1.29, 1.82) is 0 Å². The minimum absolute atomic E-state index is 0.329. The van der Waals surface area contributed by atoms with Crippen molar-refractivity contribution in [2.45, 2.75) is 33.2 Å². The van der Waals surface area contributed by atoms with E-state index < -0.39 is 0 Å². The molecule has 1 aromatic rings. The molecule has 0 atom stereocenters. The Morgan fingerprint density at radius 3 is 2.62 bits per heavy atom. The Morgan fingerprint density at radius 1 is 1.33 bits per heavy atom. The summed E-state index contributed by atoms with van der Waals surface area (Å²) in [6.07, 6.45) is 2.17. The normalized spacial score (nSPS) is 16.7. The molecule has 2 N–H and O–H groups in total. The van der Waals surface area contributed by atoms with E-state index in [9.17, 15) is 5.11 Å². The zero-order valence-electron chi connectivity index (χ0n) is 13.1. The van der Waals surface area contributed by atoms with E-state index in [1.807, 2.05) is 0 Å². The van der Waals surface area contributed by atoms with Gasteiger partial charge in [-0.1, -0.05) is 19.9 Å². The van der Waals surface area contributed by atoms with Crippen molar-refractivity contribution < 1.29 is 5.11 Å². The summed E-state index contributed by atoms with van der Waals surface area (Å²) in [6, 6.07) is 6.65. The Bertz CT molecular complexity index is 442. The van der Waals surface area contributed by atoms with Crippen molar-refractivity contribution in [2.75, 3.05) is 31.1 Å². The molecule has 1 fully saturated rings. The number of benzene rings is 1. The molecule has 3 nitrogen and oxygen atoms in total. The van der Waals surface area contributed by atoms with Gasteiger partial charge in [0, 0.05) is 30.7 Å². The smallest absolute Gasteiger partial charge is 0.0510 e. The molecule has 0 amide bonds. The van der Waals surface area contributed by atoms with Gasteiger partial charge in [-0.3, -0.25) is 0 Å². The first-order valence-electron chi connectivity index (χ1n) is 7.95. The van der Waals surface area contributed by atoms with Gasteiger partial charge in [0.15, 0.2) is 0 Å². The molecule has 0 unspecified atom stereocenters. The summed E-state index contributed by atoms with van der Waals surface area (Å²) in [4.78, 5) is 2.42. The summed E-state index contributed by atoms with van der Waals surface area (Å²) in [5.74, 6) is 1.17. The van der Waals surface area contributed by atoms with E-state index in [0.717, 1.165) is 39.0 Å². The van der Waals surface area contributed by atoms with Crippen molar-refractivity contribution in [1.82, 2.24) is 5.32 Å². The molecule has 2 rings (SSSR count). The predicted octanol–water partition coefficient (Wildman–Crippen LogP) is 3.40. The van der Waals surface area contributed by atoms with Gasteiger partial charge in [-0.15, -0.1) is 0 Å². The third kappa shape index (κ3) is 4.97. The quantitative estimate of drug-likeness (QED) is 0.821. The number of halogens is 1. The van der Waals surface area contributed by atoms with E-state index in [0.29, 0.717) is 18.4 Å². The van der Waals surface area contributed by atoms with Crippen molar-refractivity contribution in [3.63, 3.8) is 0 Å². The Kier molecular flexibility index (Phi) is 6.52. The highest BCUT2D eigenvalue weighted by Gasteiger charge is 2.20. The van der Waals surface area contributed by atoms with Crippen LogP contribution in [0.3, 0.4) is 0 Å². The molecule has 1 aliphatic rings. The maximum absolute atomic E-state index is 9.23. The summed E-state index contributed by atoms with van der Waals surface area (Å²) < 4.78 is 1.17. The highest BCUT2D eigenvalue weighted by molar-refractivity contribution is 9.10. The fraction of sp³-hybridized carbons (Fsp3) is 0.647. The van der Waals surface area contributed by atoms with Crippen LogP contribution in [0.25, 0.3) is 0 Å². The highest BCUT2D eigenvalue weighted by atomic mass is 79.9. The molecule has 1 aliphatic heterocycles. The number of aliphatic hydroxyl groups is 1. The lowest BCUT2D eigenvalue weighted by Gasteiger charge is -2.33. The van der Waals surface area contributed by atoms with Gasteiger partial charge in [0.05, 0.1) is 5.69 Å². The number of hydrogen-bond acceptors (Lipinski definition) is 3. The van der Waals surface area contributed by atoms with E-state index >= 15 is 0 Å². The van der Waals surface area contributed by atoms with E-state index in [1.54, 1.807) is 0 Å². The van der Waals surface area contributed by atoms with Crippen LogP contribution in [0, 0.1) is 11.8 Å². The molecule has 0 radical (unpaired) electrons. The minimum Gasteiger partial charge on any atom is -0.396 e. The summed E-state index contributed by atoms with van der Waals surface area (Å²) in [6.45, 7) is 8.82. The van der Waals surface area contributed by atoms with Crippen molar-refractivity contribution in [2.24, 2.45) is 11.8 Å². The second-order valence-corrected chi connectivity index (χ2v) is 7.28. The lowest BCUT2D eigenvalue weighted by molar-refractivity contribution is 0.203. The Morgan fingerprint density at radius 2 is 2.05 bits per heavy atom. The van der Waals surface area contributed by atoms with E-state index in [2.05, 4.69) is 58.2 Å². The van der Waals surface area contributed by atoms with Gasteiger partial charge in [0.1, 0.15) is 0 Å². The molecule has 4 heteroatoms. The topological polar surface area (TPSA) is 35.5 Å². The highest BCUT2D eigenvalue weighted by Crippen LogP contribution is 2.30. The second kappa shape index (κ2) is 8.16. The first-order chi connectivity index (χ1) is 10.1. The summed E-state index contributed by atoms with van der Waals surface area (Å²) >= 11 is 3.72. The van der Waals surface area contributed by atoms with Crippen molar-refractivity contribution in [3.8, 4) is 0 Å². The number of rotatable bonds is 6. The zero-order valence-corrected chi connectivity index (χ0v) is 14.7. The van der Waals surface area contributed by atoms with Crippen LogP contribution in [-0.2, 0) is 6.54 Å². The van der Waals surface area contributed by atoms with Crippen LogP contribution in [0.15, 0.2) is 22.7 Å². The van der Waals surface area contributed by atoms with Gasteiger partial charge in [-0.2, -0.15) is 0 Å². The van der Waals surface area contributed by atoms with Crippen LogP contribution in [0.4, 0.5) is 5.69 Å². The van der Waals surface area contributed by atoms with Crippen LogP contribution >= 0.6 is 15.9 Å². The number of nitrogens with one attached hydrogen (secondary N) is 1. The molecule has 21 heavy (non-hydrogen) atoms. The average molecular weight is 355 g/mol. The van der Waals surface area contributed by atoms with Crippen molar-refractivity contribution >= 4 is 21.6 Å². The molecular formula is C17H27BrN2O. The fourth-order valence-corrected chi connectivity index (χ4v) is 3.46. The predicted molar refractivity (Wildman–Crippen MR) is 92.7 cm³/mol. The second-order valence-electron chi connectivity index (χ2n) is 6.42. The lowest BCUT2D eigenvalue weighted by atomic mass is 9.97. The lowest BCUT2D eigenvalue weighted by Crippen LogP contribution is -2.34. The molecule has 1 saturated heterocycles. The fourth-order valence-electron chi connectivity index (χ4n) is 2.78. The Balaban J connectivity index is 1.93. The van der Waals surface area contributed by atoms with Gasteiger partial charge < -0.3 is 15.3 Å². The van der Waals surface area contributed by atoms with Crippen LogP contribution in [0.1, 0.15) is 32.3 Å². The molecule has 0 aliphatic carbocycles. The van der Waals surface area contributed by atoms with Crippen LogP contribution in [0.5, 0.6) is 0 Å². The molecular weight excluding hydrogens is 328 g/mol. The standard InChI is InChI=1S/C17H27BrN2O/c1-13(2)10-19-11-15-3-4-17(16(18)9-15)20-7-5-14(12-21)6-8-20/h3-4,9,13-14,19,21H,5-8,10-12H2,1-2H3.